The number of nitrogens with zero attached hydrogens (tertiary/aromatic N) is 3. The van der Waals surface area contributed by atoms with E-state index in [0.717, 1.165) is 5.56 Å². The summed E-state index contributed by atoms with van der Waals surface area (Å²) >= 11 is 0. The topological polar surface area (TPSA) is 86.1 Å². The molecular formula is C13H18N4O3S. The lowest BCUT2D eigenvalue weighted by atomic mass is 10.2. The van der Waals surface area contributed by atoms with Crippen molar-refractivity contribution in [2.45, 2.75) is 24.8 Å². The SMILES string of the molecule is COc1ccc(S(=O)(=O)NCCCn2cncn2)cc1C. The molecule has 0 bridgehead atoms. The Bertz CT molecular complexity index is 683. The molecule has 1 N–H and O–H groups in total. The third-order valence-corrected chi connectivity index (χ3v) is 4.46. The number of methoxy groups -OCH3 is 1. The molecule has 0 fully saturated rings. The Morgan fingerprint density at radius 1 is 1.38 bits per heavy atom. The van der Waals surface area contributed by atoms with Crippen LogP contribution in [0.25, 0.3) is 0 Å². The number of rotatable bonds is 7. The summed E-state index contributed by atoms with van der Waals surface area (Å²) in [5.41, 5.74) is 0.781. The van der Waals surface area contributed by atoms with Crippen molar-refractivity contribution in [2.24, 2.45) is 0 Å². The minimum atomic E-state index is -3.50. The van der Waals surface area contributed by atoms with Gasteiger partial charge < -0.3 is 4.74 Å². The molecule has 0 unspecified atom stereocenters. The van der Waals surface area contributed by atoms with Crippen LogP contribution in [-0.2, 0) is 16.6 Å². The van der Waals surface area contributed by atoms with Crippen LogP contribution >= 0.6 is 0 Å². The standard InChI is InChI=1S/C13H18N4O3S/c1-11-8-12(4-5-13(11)20-2)21(18,19)16-6-3-7-17-10-14-9-15-17/h4-5,8-10,16H,3,6-7H2,1-2H3. The molecule has 0 saturated heterocycles. The molecule has 2 aromatic rings. The second-order valence-electron chi connectivity index (χ2n) is 4.54. The molecule has 0 atom stereocenters. The van der Waals surface area contributed by atoms with E-state index in [2.05, 4.69) is 14.8 Å². The van der Waals surface area contributed by atoms with Crippen LogP contribution in [0.1, 0.15) is 12.0 Å². The molecule has 0 radical (unpaired) electrons. The van der Waals surface area contributed by atoms with E-state index in [1.54, 1.807) is 30.3 Å². The zero-order chi connectivity index (χ0) is 15.3. The predicted molar refractivity (Wildman–Crippen MR) is 77.6 cm³/mol. The molecule has 0 amide bonds. The van der Waals surface area contributed by atoms with Crippen molar-refractivity contribution in [3.05, 3.63) is 36.4 Å². The van der Waals surface area contributed by atoms with Gasteiger partial charge in [0.15, 0.2) is 0 Å². The van der Waals surface area contributed by atoms with Crippen LogP contribution in [0.15, 0.2) is 35.7 Å². The lowest BCUT2D eigenvalue weighted by Gasteiger charge is -2.09. The summed E-state index contributed by atoms with van der Waals surface area (Å²) in [6.07, 6.45) is 3.68. The van der Waals surface area contributed by atoms with Crippen LogP contribution < -0.4 is 9.46 Å². The van der Waals surface area contributed by atoms with Crippen molar-refractivity contribution in [1.29, 1.82) is 0 Å². The van der Waals surface area contributed by atoms with Crippen molar-refractivity contribution in [3.63, 3.8) is 0 Å². The first-order valence-corrected chi connectivity index (χ1v) is 7.98. The van der Waals surface area contributed by atoms with E-state index in [1.807, 2.05) is 6.92 Å². The van der Waals surface area contributed by atoms with E-state index in [0.29, 0.717) is 25.3 Å². The molecule has 0 aliphatic carbocycles. The van der Waals surface area contributed by atoms with Gasteiger partial charge in [0.05, 0.1) is 12.0 Å². The number of sulfonamides is 1. The van der Waals surface area contributed by atoms with Crippen LogP contribution in [0.3, 0.4) is 0 Å². The molecular weight excluding hydrogens is 292 g/mol. The molecule has 2 rings (SSSR count). The first-order chi connectivity index (χ1) is 10.0. The number of hydrogen-bond acceptors (Lipinski definition) is 5. The van der Waals surface area contributed by atoms with Crippen molar-refractivity contribution < 1.29 is 13.2 Å². The number of benzene rings is 1. The van der Waals surface area contributed by atoms with Crippen molar-refractivity contribution in [1.82, 2.24) is 19.5 Å². The number of aryl methyl sites for hydroxylation is 2. The average molecular weight is 310 g/mol. The second kappa shape index (κ2) is 6.68. The molecule has 8 heteroatoms. The van der Waals surface area contributed by atoms with Crippen molar-refractivity contribution >= 4 is 10.0 Å². The summed E-state index contributed by atoms with van der Waals surface area (Å²) in [4.78, 5) is 4.06. The maximum atomic E-state index is 12.2. The lowest BCUT2D eigenvalue weighted by molar-refractivity contribution is 0.411. The van der Waals surface area contributed by atoms with E-state index in [1.165, 1.54) is 12.4 Å². The van der Waals surface area contributed by atoms with Crippen LogP contribution in [-0.4, -0.2) is 36.8 Å². The Labute approximate surface area is 124 Å². The highest BCUT2D eigenvalue weighted by Crippen LogP contribution is 2.21. The third-order valence-electron chi connectivity index (χ3n) is 3.00. The molecule has 7 nitrogen and oxygen atoms in total. The van der Waals surface area contributed by atoms with Crippen LogP contribution in [0.5, 0.6) is 5.75 Å². The summed E-state index contributed by atoms with van der Waals surface area (Å²) < 4.78 is 33.7. The van der Waals surface area contributed by atoms with Gasteiger partial charge in [-0.1, -0.05) is 0 Å². The molecule has 1 aromatic carbocycles. The number of nitrogens with one attached hydrogen (secondary N) is 1. The zero-order valence-corrected chi connectivity index (χ0v) is 12.8. The Morgan fingerprint density at radius 2 is 2.19 bits per heavy atom. The van der Waals surface area contributed by atoms with Gasteiger partial charge in [0.2, 0.25) is 10.0 Å². The summed E-state index contributed by atoms with van der Waals surface area (Å²) in [7, 11) is -1.95. The first kappa shape index (κ1) is 15.5. The van der Waals surface area contributed by atoms with Gasteiger partial charge in [0, 0.05) is 13.1 Å². The molecule has 0 saturated carbocycles. The Balaban J connectivity index is 1.93. The maximum absolute atomic E-state index is 12.2. The highest BCUT2D eigenvalue weighted by atomic mass is 32.2. The van der Waals surface area contributed by atoms with Gasteiger partial charge in [-0.3, -0.25) is 4.68 Å². The summed E-state index contributed by atoms with van der Waals surface area (Å²) in [5, 5.41) is 3.95. The van der Waals surface area contributed by atoms with Crippen molar-refractivity contribution in [2.75, 3.05) is 13.7 Å². The molecule has 0 aliphatic heterocycles. The Hall–Kier alpha value is -1.93. The highest BCUT2D eigenvalue weighted by molar-refractivity contribution is 7.89. The fourth-order valence-corrected chi connectivity index (χ4v) is 3.06. The van der Waals surface area contributed by atoms with Gasteiger partial charge in [-0.05, 0) is 37.1 Å². The van der Waals surface area contributed by atoms with E-state index < -0.39 is 10.0 Å². The molecule has 0 spiro atoms. The summed E-state index contributed by atoms with van der Waals surface area (Å²) in [6, 6.07) is 4.78. The van der Waals surface area contributed by atoms with Crippen LogP contribution in [0, 0.1) is 6.92 Å². The monoisotopic (exact) mass is 310 g/mol. The van der Waals surface area contributed by atoms with Gasteiger partial charge in [-0.2, -0.15) is 5.10 Å². The Kier molecular flexibility index (Phi) is 4.92. The lowest BCUT2D eigenvalue weighted by Crippen LogP contribution is -2.25. The maximum Gasteiger partial charge on any atom is 0.240 e. The summed E-state index contributed by atoms with van der Waals surface area (Å²) in [6.45, 7) is 2.76. The van der Waals surface area contributed by atoms with E-state index in [9.17, 15) is 8.42 Å². The number of hydrogen-bond donors (Lipinski definition) is 1. The zero-order valence-electron chi connectivity index (χ0n) is 12.0. The highest BCUT2D eigenvalue weighted by Gasteiger charge is 2.14. The van der Waals surface area contributed by atoms with E-state index in [-0.39, 0.29) is 4.90 Å². The molecule has 0 aliphatic rings. The number of ether oxygens (including phenoxy) is 1. The molecule has 1 aromatic heterocycles. The molecule has 1 heterocycles. The second-order valence-corrected chi connectivity index (χ2v) is 6.31. The van der Waals surface area contributed by atoms with Crippen LogP contribution in [0.2, 0.25) is 0 Å². The van der Waals surface area contributed by atoms with Gasteiger partial charge in [0.25, 0.3) is 0 Å². The van der Waals surface area contributed by atoms with E-state index >= 15 is 0 Å². The third kappa shape index (κ3) is 4.02. The predicted octanol–water partition coefficient (Wildman–Crippen LogP) is 0.964. The fourth-order valence-electron chi connectivity index (χ4n) is 1.90. The number of aromatic nitrogens is 3. The van der Waals surface area contributed by atoms with Gasteiger partial charge in [-0.25, -0.2) is 18.1 Å². The fraction of sp³-hybridized carbons (Fsp3) is 0.385. The minimum Gasteiger partial charge on any atom is -0.496 e. The largest absolute Gasteiger partial charge is 0.496 e. The first-order valence-electron chi connectivity index (χ1n) is 6.49. The molecule has 21 heavy (non-hydrogen) atoms. The van der Waals surface area contributed by atoms with E-state index in [4.69, 9.17) is 4.74 Å². The van der Waals surface area contributed by atoms with Crippen LogP contribution in [0.4, 0.5) is 0 Å². The Morgan fingerprint density at radius 3 is 2.81 bits per heavy atom. The quantitative estimate of drug-likeness (QED) is 0.770. The average Bonchev–Trinajstić information content (AvgIpc) is 2.97. The smallest absolute Gasteiger partial charge is 0.240 e. The summed E-state index contributed by atoms with van der Waals surface area (Å²) in [5.74, 6) is 0.667. The minimum absolute atomic E-state index is 0.238. The van der Waals surface area contributed by atoms with Gasteiger partial charge >= 0.3 is 0 Å². The van der Waals surface area contributed by atoms with Crippen molar-refractivity contribution in [3.8, 4) is 5.75 Å². The van der Waals surface area contributed by atoms with Gasteiger partial charge in [0.1, 0.15) is 18.4 Å². The normalized spacial score (nSPS) is 11.5. The van der Waals surface area contributed by atoms with Gasteiger partial charge in [-0.15, -0.1) is 0 Å². The molecule has 114 valence electrons.